The highest BCUT2D eigenvalue weighted by Crippen LogP contribution is 2.20. The number of rotatable bonds is 8. The van der Waals surface area contributed by atoms with Crippen LogP contribution in [0.15, 0.2) is 51.2 Å². The summed E-state index contributed by atoms with van der Waals surface area (Å²) >= 11 is 0. The van der Waals surface area contributed by atoms with Gasteiger partial charge in [0.05, 0.1) is 12.9 Å². The summed E-state index contributed by atoms with van der Waals surface area (Å²) < 4.78 is 10.8. The van der Waals surface area contributed by atoms with E-state index in [2.05, 4.69) is 20.1 Å². The molecule has 0 unspecified atom stereocenters. The van der Waals surface area contributed by atoms with E-state index in [4.69, 9.17) is 20.2 Å². The maximum Gasteiger partial charge on any atom is 0.249 e. The van der Waals surface area contributed by atoms with Gasteiger partial charge in [0, 0.05) is 27.4 Å². The molecule has 2 amide bonds. The monoisotopic (exact) mass is 354 g/mol. The Morgan fingerprint density at radius 2 is 1.69 bits per heavy atom. The van der Waals surface area contributed by atoms with Crippen LogP contribution in [0.25, 0.3) is 20.9 Å². The van der Waals surface area contributed by atoms with Gasteiger partial charge in [-0.2, -0.15) is 0 Å². The third-order valence-corrected chi connectivity index (χ3v) is 3.34. The Morgan fingerprint density at radius 1 is 1.04 bits per heavy atom. The summed E-state index contributed by atoms with van der Waals surface area (Å²) in [6.45, 7) is 0.342. The average Bonchev–Trinajstić information content (AvgIpc) is 3.15. The van der Waals surface area contributed by atoms with Gasteiger partial charge in [0.1, 0.15) is 11.5 Å². The molecule has 10 heteroatoms. The van der Waals surface area contributed by atoms with Crippen LogP contribution in [0.5, 0.6) is 5.75 Å². The van der Waals surface area contributed by atoms with Gasteiger partial charge in [-0.05, 0) is 64.5 Å². The first-order chi connectivity index (χ1) is 12.6. The molecule has 2 rings (SSSR count). The molecule has 0 aliphatic carbocycles. The topological polar surface area (TPSA) is 154 Å². The van der Waals surface area contributed by atoms with E-state index in [0.717, 1.165) is 25.0 Å². The SMILES string of the molecule is [N-]=[N+]=NC(=O)c1cc(OCCCCc2ccco2)cc(C(=O)N=[N+]=[N-])c1. The van der Waals surface area contributed by atoms with Gasteiger partial charge >= 0.3 is 0 Å². The van der Waals surface area contributed by atoms with Crippen molar-refractivity contribution in [2.24, 2.45) is 10.2 Å². The summed E-state index contributed by atoms with van der Waals surface area (Å²) in [5.74, 6) is -0.621. The number of hydrogen-bond donors (Lipinski definition) is 0. The number of aryl methyl sites for hydroxylation is 1. The third-order valence-electron chi connectivity index (χ3n) is 3.34. The minimum Gasteiger partial charge on any atom is -0.494 e. The van der Waals surface area contributed by atoms with Crippen LogP contribution in [0, 0.1) is 0 Å². The second-order valence-electron chi connectivity index (χ2n) is 5.12. The van der Waals surface area contributed by atoms with Gasteiger partial charge < -0.3 is 9.15 Å². The Balaban J connectivity index is 2.05. The summed E-state index contributed by atoms with van der Waals surface area (Å²) in [5, 5.41) is 5.96. The average molecular weight is 354 g/mol. The molecule has 1 aromatic carbocycles. The fourth-order valence-electron chi connectivity index (χ4n) is 2.17. The molecule has 0 aliphatic heterocycles. The molecular weight excluding hydrogens is 340 g/mol. The number of azide groups is 2. The van der Waals surface area contributed by atoms with Gasteiger partial charge in [0.25, 0.3) is 0 Å². The molecule has 26 heavy (non-hydrogen) atoms. The minimum absolute atomic E-state index is 0.0348. The quantitative estimate of drug-likeness (QED) is 0.294. The maximum absolute atomic E-state index is 11.7. The molecule has 10 nitrogen and oxygen atoms in total. The molecular formula is C16H14N6O4. The highest BCUT2D eigenvalue weighted by molar-refractivity contribution is 6.00. The first-order valence-corrected chi connectivity index (χ1v) is 7.63. The van der Waals surface area contributed by atoms with Crippen LogP contribution in [-0.2, 0) is 6.42 Å². The van der Waals surface area contributed by atoms with E-state index in [-0.39, 0.29) is 16.9 Å². The molecule has 0 radical (unpaired) electrons. The van der Waals surface area contributed by atoms with Crippen molar-refractivity contribution in [1.82, 2.24) is 0 Å². The van der Waals surface area contributed by atoms with Crippen LogP contribution in [0.3, 0.4) is 0 Å². The van der Waals surface area contributed by atoms with Gasteiger partial charge in [-0.1, -0.05) is 0 Å². The number of ether oxygens (including phenoxy) is 1. The van der Waals surface area contributed by atoms with Crippen molar-refractivity contribution in [2.75, 3.05) is 6.61 Å². The number of nitrogens with zero attached hydrogens (tertiary/aromatic N) is 6. The zero-order valence-electron chi connectivity index (χ0n) is 13.6. The van der Waals surface area contributed by atoms with Gasteiger partial charge in [-0.25, -0.2) is 0 Å². The number of amides is 2. The molecule has 2 aromatic rings. The predicted molar refractivity (Wildman–Crippen MR) is 90.5 cm³/mol. The van der Waals surface area contributed by atoms with Crippen LogP contribution in [-0.4, -0.2) is 18.4 Å². The van der Waals surface area contributed by atoms with Crippen LogP contribution in [0.1, 0.15) is 39.3 Å². The van der Waals surface area contributed by atoms with Crippen molar-refractivity contribution < 1.29 is 18.7 Å². The predicted octanol–water partition coefficient (Wildman–Crippen LogP) is 4.58. The highest BCUT2D eigenvalue weighted by Gasteiger charge is 2.12. The highest BCUT2D eigenvalue weighted by atomic mass is 16.5. The summed E-state index contributed by atoms with van der Waals surface area (Å²) in [6.07, 6.45) is 3.93. The van der Waals surface area contributed by atoms with Crippen molar-refractivity contribution in [3.05, 3.63) is 74.4 Å². The summed E-state index contributed by atoms with van der Waals surface area (Å²) in [5.41, 5.74) is 16.7. The molecule has 0 spiro atoms. The molecule has 0 aliphatic rings. The zero-order chi connectivity index (χ0) is 18.8. The Kier molecular flexibility index (Phi) is 6.82. The summed E-state index contributed by atoms with van der Waals surface area (Å²) in [4.78, 5) is 28.3. The number of carbonyl (C=O) groups is 2. The van der Waals surface area contributed by atoms with E-state index in [1.54, 1.807) is 6.26 Å². The van der Waals surface area contributed by atoms with Crippen molar-refractivity contribution in [2.45, 2.75) is 19.3 Å². The Morgan fingerprint density at radius 3 is 2.23 bits per heavy atom. The number of benzene rings is 1. The first kappa shape index (κ1) is 18.6. The lowest BCUT2D eigenvalue weighted by atomic mass is 10.1. The van der Waals surface area contributed by atoms with E-state index in [1.165, 1.54) is 18.2 Å². The van der Waals surface area contributed by atoms with Crippen LogP contribution in [0.4, 0.5) is 0 Å². The Hall–Kier alpha value is -3.74. The Labute approximate surface area is 147 Å². The zero-order valence-corrected chi connectivity index (χ0v) is 13.6. The van der Waals surface area contributed by atoms with Gasteiger partial charge in [-0.15, -0.1) is 0 Å². The molecule has 1 heterocycles. The molecule has 1 aromatic heterocycles. The maximum atomic E-state index is 11.7. The van der Waals surface area contributed by atoms with E-state index < -0.39 is 11.8 Å². The minimum atomic E-state index is -0.870. The van der Waals surface area contributed by atoms with Crippen molar-refractivity contribution in [3.8, 4) is 5.75 Å². The summed E-state index contributed by atoms with van der Waals surface area (Å²) in [6, 6.07) is 7.60. The van der Waals surface area contributed by atoms with E-state index in [0.29, 0.717) is 6.61 Å². The molecule has 0 bridgehead atoms. The lowest BCUT2D eigenvalue weighted by molar-refractivity contribution is 0.0999. The molecule has 132 valence electrons. The van der Waals surface area contributed by atoms with Crippen molar-refractivity contribution >= 4 is 11.8 Å². The number of furan rings is 1. The van der Waals surface area contributed by atoms with E-state index in [9.17, 15) is 9.59 Å². The van der Waals surface area contributed by atoms with Crippen molar-refractivity contribution in [1.29, 1.82) is 0 Å². The largest absolute Gasteiger partial charge is 0.494 e. The first-order valence-electron chi connectivity index (χ1n) is 7.63. The third kappa shape index (κ3) is 5.41. The smallest absolute Gasteiger partial charge is 0.249 e. The summed E-state index contributed by atoms with van der Waals surface area (Å²) in [7, 11) is 0. The fraction of sp³-hybridized carbons (Fsp3) is 0.250. The second-order valence-corrected chi connectivity index (χ2v) is 5.12. The van der Waals surface area contributed by atoms with E-state index >= 15 is 0 Å². The number of hydrogen-bond acceptors (Lipinski definition) is 4. The molecule has 0 N–H and O–H groups in total. The lowest BCUT2D eigenvalue weighted by Gasteiger charge is -2.09. The van der Waals surface area contributed by atoms with Crippen LogP contribution in [0.2, 0.25) is 0 Å². The van der Waals surface area contributed by atoms with E-state index in [1.807, 2.05) is 12.1 Å². The van der Waals surface area contributed by atoms with Crippen molar-refractivity contribution in [3.63, 3.8) is 0 Å². The van der Waals surface area contributed by atoms with Crippen LogP contribution >= 0.6 is 0 Å². The van der Waals surface area contributed by atoms with Gasteiger partial charge in [0.15, 0.2) is 0 Å². The number of unbranched alkanes of at least 4 members (excludes halogenated alkanes) is 1. The fourth-order valence-corrected chi connectivity index (χ4v) is 2.17. The number of carbonyl (C=O) groups excluding carboxylic acids is 2. The van der Waals surface area contributed by atoms with Gasteiger partial charge in [0.2, 0.25) is 11.8 Å². The molecule has 0 saturated carbocycles. The molecule has 0 atom stereocenters. The normalized spacial score (nSPS) is 9.69. The standard InChI is InChI=1S/C16H14N6O4/c17-21-19-15(23)11-8-12(16(24)20-22-18)10-14(9-11)26-6-2-1-4-13-5-3-7-25-13/h3,5,7-10H,1-2,4,6H2. The lowest BCUT2D eigenvalue weighted by Crippen LogP contribution is -2.04. The Bertz CT molecular complexity index is 832. The molecule has 0 saturated heterocycles. The van der Waals surface area contributed by atoms with Gasteiger partial charge in [-0.3, -0.25) is 9.59 Å². The van der Waals surface area contributed by atoms with Crippen LogP contribution < -0.4 is 4.74 Å². The molecule has 0 fully saturated rings. The second kappa shape index (κ2) is 9.53.